The van der Waals surface area contributed by atoms with E-state index in [1.807, 2.05) is 52.3 Å². The first-order valence-electron chi connectivity index (χ1n) is 12.7. The van der Waals surface area contributed by atoms with Crippen molar-refractivity contribution in [3.63, 3.8) is 0 Å². The quantitative estimate of drug-likeness (QED) is 0.553. The van der Waals surface area contributed by atoms with Gasteiger partial charge in [0.25, 0.3) is 0 Å². The van der Waals surface area contributed by atoms with Crippen LogP contribution >= 0.6 is 0 Å². The predicted molar refractivity (Wildman–Crippen MR) is 136 cm³/mol. The Labute approximate surface area is 208 Å². The Morgan fingerprint density at radius 2 is 1.63 bits per heavy atom. The molecule has 7 heteroatoms. The van der Waals surface area contributed by atoms with Crippen LogP contribution < -0.4 is 9.47 Å². The van der Waals surface area contributed by atoms with Gasteiger partial charge in [-0.15, -0.1) is 0 Å². The average Bonchev–Trinajstić information content (AvgIpc) is 2.92. The zero-order chi connectivity index (χ0) is 24.5. The normalized spacial score (nSPS) is 18.8. The third-order valence-corrected chi connectivity index (χ3v) is 7.01. The Kier molecular flexibility index (Phi) is 9.01. The summed E-state index contributed by atoms with van der Waals surface area (Å²) in [6.45, 7) is 5.92. The Balaban J connectivity index is 1.17. The molecule has 0 saturated carbocycles. The van der Waals surface area contributed by atoms with E-state index in [9.17, 15) is 9.59 Å². The fraction of sp³-hybridized carbons (Fsp3) is 0.500. The highest BCUT2D eigenvalue weighted by molar-refractivity contribution is 5.81. The Bertz CT molecular complexity index is 942. The van der Waals surface area contributed by atoms with Gasteiger partial charge in [0.05, 0.1) is 26.1 Å². The number of methoxy groups -OCH3 is 1. The smallest absolute Gasteiger partial charge is 0.227 e. The minimum Gasteiger partial charge on any atom is -0.497 e. The second-order valence-corrected chi connectivity index (χ2v) is 9.36. The van der Waals surface area contributed by atoms with Crippen LogP contribution in [0, 0.1) is 5.92 Å². The molecule has 0 bridgehead atoms. The van der Waals surface area contributed by atoms with Crippen LogP contribution in [0.3, 0.4) is 0 Å². The van der Waals surface area contributed by atoms with Crippen LogP contribution in [-0.2, 0) is 16.0 Å². The van der Waals surface area contributed by atoms with Gasteiger partial charge >= 0.3 is 0 Å². The summed E-state index contributed by atoms with van der Waals surface area (Å²) in [6.07, 6.45) is 3.07. The number of carbonyl (C=O) groups is 2. The Hall–Kier alpha value is -3.06. The lowest BCUT2D eigenvalue weighted by Crippen LogP contribution is -2.53. The number of hydrogen-bond acceptors (Lipinski definition) is 5. The van der Waals surface area contributed by atoms with Crippen molar-refractivity contribution in [3.05, 3.63) is 60.2 Å². The maximum atomic E-state index is 13.2. The largest absolute Gasteiger partial charge is 0.497 e. The zero-order valence-electron chi connectivity index (χ0n) is 20.7. The van der Waals surface area contributed by atoms with Gasteiger partial charge in [-0.2, -0.15) is 0 Å². The maximum Gasteiger partial charge on any atom is 0.227 e. The summed E-state index contributed by atoms with van der Waals surface area (Å²) in [5.74, 6) is 1.84. The molecule has 2 saturated heterocycles. The molecule has 1 unspecified atom stereocenters. The van der Waals surface area contributed by atoms with Crippen LogP contribution in [0.5, 0.6) is 11.5 Å². The van der Waals surface area contributed by atoms with Crippen LogP contribution in [0.15, 0.2) is 54.6 Å². The van der Waals surface area contributed by atoms with E-state index in [2.05, 4.69) is 17.0 Å². The van der Waals surface area contributed by atoms with Gasteiger partial charge in [0.15, 0.2) is 0 Å². The number of ether oxygens (including phenoxy) is 2. The molecule has 2 aromatic rings. The number of benzene rings is 2. The molecule has 2 fully saturated rings. The lowest BCUT2D eigenvalue weighted by molar-refractivity contribution is -0.142. The Morgan fingerprint density at radius 3 is 2.34 bits per heavy atom. The summed E-state index contributed by atoms with van der Waals surface area (Å²) >= 11 is 0. The average molecular weight is 480 g/mol. The molecule has 2 heterocycles. The minimum absolute atomic E-state index is 0.0711. The SMILES string of the molecule is COc1ccc(CCN2CCN(C(=O)C3CCCN(C(=O)CCOc4ccccc4)C3)CC2)cc1. The van der Waals surface area contributed by atoms with Crippen molar-refractivity contribution in [3.8, 4) is 11.5 Å². The fourth-order valence-electron chi connectivity index (χ4n) is 4.87. The molecule has 35 heavy (non-hydrogen) atoms. The van der Waals surface area contributed by atoms with Crippen molar-refractivity contribution in [2.75, 3.05) is 59.5 Å². The fourth-order valence-corrected chi connectivity index (χ4v) is 4.87. The van der Waals surface area contributed by atoms with Gasteiger partial charge in [0, 0.05) is 45.8 Å². The zero-order valence-corrected chi connectivity index (χ0v) is 20.7. The molecule has 0 aliphatic carbocycles. The van der Waals surface area contributed by atoms with E-state index >= 15 is 0 Å². The standard InChI is InChI=1S/C28H37N3O4/c1-34-25-11-9-23(10-12-25)13-16-29-17-19-30(20-18-29)28(33)24-6-5-15-31(22-24)27(32)14-21-35-26-7-3-2-4-8-26/h2-4,7-12,24H,5-6,13-22H2,1H3. The lowest BCUT2D eigenvalue weighted by Gasteiger charge is -2.39. The molecule has 7 nitrogen and oxygen atoms in total. The number of piperidine rings is 1. The summed E-state index contributed by atoms with van der Waals surface area (Å²) in [6, 6.07) is 17.8. The highest BCUT2D eigenvalue weighted by Crippen LogP contribution is 2.21. The van der Waals surface area contributed by atoms with Gasteiger partial charge < -0.3 is 19.3 Å². The van der Waals surface area contributed by atoms with E-state index in [0.717, 1.165) is 70.0 Å². The first-order valence-corrected chi connectivity index (χ1v) is 12.7. The van der Waals surface area contributed by atoms with Crippen molar-refractivity contribution >= 4 is 11.8 Å². The minimum atomic E-state index is -0.0893. The first-order chi connectivity index (χ1) is 17.1. The second-order valence-electron chi connectivity index (χ2n) is 9.36. The number of carbonyl (C=O) groups excluding carboxylic acids is 2. The van der Waals surface area contributed by atoms with Crippen LogP contribution in [0.25, 0.3) is 0 Å². The topological polar surface area (TPSA) is 62.3 Å². The van der Waals surface area contributed by atoms with Gasteiger partial charge in [-0.1, -0.05) is 30.3 Å². The van der Waals surface area contributed by atoms with Gasteiger partial charge in [-0.05, 0) is 49.1 Å². The van der Waals surface area contributed by atoms with E-state index in [0.29, 0.717) is 19.6 Å². The highest BCUT2D eigenvalue weighted by atomic mass is 16.5. The molecule has 0 radical (unpaired) electrons. The molecule has 2 amide bonds. The van der Waals surface area contributed by atoms with E-state index in [1.165, 1.54) is 5.56 Å². The number of piperazine rings is 1. The Morgan fingerprint density at radius 1 is 0.886 bits per heavy atom. The van der Waals surface area contributed by atoms with E-state index in [1.54, 1.807) is 7.11 Å². The number of para-hydroxylation sites is 1. The first kappa shape index (κ1) is 25.0. The van der Waals surface area contributed by atoms with Gasteiger partial charge in [-0.25, -0.2) is 0 Å². The summed E-state index contributed by atoms with van der Waals surface area (Å²) in [5, 5.41) is 0. The molecule has 0 spiro atoms. The van der Waals surface area contributed by atoms with Gasteiger partial charge in [0.2, 0.25) is 11.8 Å². The lowest BCUT2D eigenvalue weighted by atomic mass is 9.96. The highest BCUT2D eigenvalue weighted by Gasteiger charge is 2.32. The van der Waals surface area contributed by atoms with Crippen LogP contribution in [0.4, 0.5) is 0 Å². The molecule has 0 aromatic heterocycles. The molecule has 2 aromatic carbocycles. The number of nitrogens with zero attached hydrogens (tertiary/aromatic N) is 3. The van der Waals surface area contributed by atoms with Crippen LogP contribution in [-0.4, -0.2) is 86.0 Å². The summed E-state index contributed by atoms with van der Waals surface area (Å²) in [5.41, 5.74) is 1.30. The van der Waals surface area contributed by atoms with Crippen molar-refractivity contribution in [1.82, 2.24) is 14.7 Å². The van der Waals surface area contributed by atoms with Crippen molar-refractivity contribution in [2.45, 2.75) is 25.7 Å². The monoisotopic (exact) mass is 479 g/mol. The van der Waals surface area contributed by atoms with Crippen molar-refractivity contribution in [1.29, 1.82) is 0 Å². The third kappa shape index (κ3) is 7.21. The number of amides is 2. The molecule has 2 aliphatic heterocycles. The molecule has 0 N–H and O–H groups in total. The van der Waals surface area contributed by atoms with Crippen molar-refractivity contribution in [2.24, 2.45) is 5.92 Å². The van der Waals surface area contributed by atoms with E-state index < -0.39 is 0 Å². The summed E-state index contributed by atoms with van der Waals surface area (Å²) < 4.78 is 10.9. The van der Waals surface area contributed by atoms with Gasteiger partial charge in [0.1, 0.15) is 11.5 Å². The molecule has 2 aliphatic rings. The van der Waals surface area contributed by atoms with Crippen LogP contribution in [0.1, 0.15) is 24.8 Å². The molecular weight excluding hydrogens is 442 g/mol. The maximum absolute atomic E-state index is 13.2. The molecular formula is C28H37N3O4. The van der Waals surface area contributed by atoms with Crippen molar-refractivity contribution < 1.29 is 19.1 Å². The summed E-state index contributed by atoms with van der Waals surface area (Å²) in [7, 11) is 1.68. The number of hydrogen-bond donors (Lipinski definition) is 0. The molecule has 1 atom stereocenters. The molecule has 4 rings (SSSR count). The molecule has 188 valence electrons. The second kappa shape index (κ2) is 12.6. The predicted octanol–water partition coefficient (Wildman–Crippen LogP) is 3.09. The third-order valence-electron chi connectivity index (χ3n) is 7.01. The number of likely N-dealkylation sites (tertiary alicyclic amines) is 1. The van der Waals surface area contributed by atoms with E-state index in [-0.39, 0.29) is 17.7 Å². The number of rotatable bonds is 9. The summed E-state index contributed by atoms with van der Waals surface area (Å²) in [4.78, 5) is 32.2. The van der Waals surface area contributed by atoms with Gasteiger partial charge in [-0.3, -0.25) is 14.5 Å². The van der Waals surface area contributed by atoms with E-state index in [4.69, 9.17) is 9.47 Å². The van der Waals surface area contributed by atoms with Crippen LogP contribution in [0.2, 0.25) is 0 Å².